The Morgan fingerprint density at radius 2 is 1.56 bits per heavy atom. The van der Waals surface area contributed by atoms with Gasteiger partial charge in [-0.3, -0.25) is 0 Å². The van der Waals surface area contributed by atoms with E-state index in [0.717, 1.165) is 0 Å². The van der Waals surface area contributed by atoms with Crippen LogP contribution in [0.5, 0.6) is 5.75 Å². The molecule has 0 aliphatic carbocycles. The molecule has 0 amide bonds. The number of hydrogen-bond acceptors (Lipinski definition) is 1. The minimum Gasteiger partial charge on any atom is -0.699 e. The van der Waals surface area contributed by atoms with E-state index in [0.29, 0.717) is 5.69 Å². The molecule has 2 nitrogen and oxygen atoms in total. The van der Waals surface area contributed by atoms with Crippen molar-refractivity contribution in [3.8, 4) is 5.75 Å². The van der Waals surface area contributed by atoms with E-state index in [1.54, 1.807) is 0 Å². The fourth-order valence-electron chi connectivity index (χ4n) is 0.461. The molecule has 0 radical (unpaired) electrons. The van der Waals surface area contributed by atoms with Crippen LogP contribution in [0.15, 0.2) is 24.3 Å². The van der Waals surface area contributed by atoms with E-state index in [1.165, 1.54) is 24.3 Å². The minimum atomic E-state index is 0. The van der Waals surface area contributed by atoms with Gasteiger partial charge in [-0.15, -0.1) is 5.69 Å². The maximum atomic E-state index is 8.67. The van der Waals surface area contributed by atoms with E-state index in [9.17, 15) is 0 Å². The third kappa shape index (κ3) is 2.75. The first-order valence-electron chi connectivity index (χ1n) is 2.29. The molecule has 0 aliphatic rings. The summed E-state index contributed by atoms with van der Waals surface area (Å²) in [6.45, 7) is 0. The van der Waals surface area contributed by atoms with Crippen molar-refractivity contribution in [2.24, 2.45) is 0 Å². The Bertz CT molecular complexity index is 152. The Morgan fingerprint density at radius 3 is 1.89 bits per heavy atom. The van der Waals surface area contributed by atoms with Crippen molar-refractivity contribution < 1.29 is 34.7 Å². The molecule has 3 heteroatoms. The largest absolute Gasteiger partial charge is 1.00 e. The molecule has 0 saturated carbocycles. The molecular weight excluding hydrogens is 125 g/mol. The van der Waals surface area contributed by atoms with Gasteiger partial charge in [0.05, 0.1) is 0 Å². The van der Waals surface area contributed by atoms with Gasteiger partial charge in [0.2, 0.25) is 0 Å². The van der Waals surface area contributed by atoms with Crippen molar-refractivity contribution in [3.05, 3.63) is 30.0 Å². The summed E-state index contributed by atoms with van der Waals surface area (Å²) in [6.07, 6.45) is 0. The molecule has 2 N–H and O–H groups in total. The van der Waals surface area contributed by atoms with Crippen LogP contribution in [0.25, 0.3) is 5.73 Å². The van der Waals surface area contributed by atoms with E-state index in [4.69, 9.17) is 10.8 Å². The fraction of sp³-hybridized carbons (Fsp3) is 0. The van der Waals surface area contributed by atoms with Crippen LogP contribution in [0.2, 0.25) is 0 Å². The normalized spacial score (nSPS) is 8.00. The van der Waals surface area contributed by atoms with Crippen LogP contribution in [-0.2, 0) is 0 Å². The third-order valence-electron chi connectivity index (χ3n) is 0.867. The first-order valence-corrected chi connectivity index (χ1v) is 2.29. The SMILES string of the molecule is [NH-]c1ccc(O)cc1.[Na+]. The van der Waals surface area contributed by atoms with Crippen molar-refractivity contribution >= 4 is 5.69 Å². The fourth-order valence-corrected chi connectivity index (χ4v) is 0.461. The Morgan fingerprint density at radius 1 is 1.11 bits per heavy atom. The van der Waals surface area contributed by atoms with Crippen LogP contribution >= 0.6 is 0 Å². The summed E-state index contributed by atoms with van der Waals surface area (Å²) < 4.78 is 0. The summed E-state index contributed by atoms with van der Waals surface area (Å²) in [6, 6.07) is 6.05. The summed E-state index contributed by atoms with van der Waals surface area (Å²) in [5, 5.41) is 8.67. The molecule has 0 atom stereocenters. The van der Waals surface area contributed by atoms with Crippen LogP contribution < -0.4 is 29.6 Å². The standard InChI is InChI=1S/C6H6NO.Na/c7-5-1-3-6(8)4-2-5;/h1-4,7-8H;/q-1;+1. The van der Waals surface area contributed by atoms with E-state index in [2.05, 4.69) is 0 Å². The number of aromatic hydroxyl groups is 1. The second-order valence-electron chi connectivity index (χ2n) is 1.55. The van der Waals surface area contributed by atoms with Crippen molar-refractivity contribution in [1.29, 1.82) is 0 Å². The predicted molar refractivity (Wildman–Crippen MR) is 32.1 cm³/mol. The minimum absolute atomic E-state index is 0. The number of nitrogens with one attached hydrogen (secondary N) is 1. The van der Waals surface area contributed by atoms with E-state index >= 15 is 0 Å². The molecule has 0 heterocycles. The zero-order chi connectivity index (χ0) is 5.98. The van der Waals surface area contributed by atoms with Gasteiger partial charge in [-0.05, 0) is 12.1 Å². The summed E-state index contributed by atoms with van der Waals surface area (Å²) >= 11 is 0. The van der Waals surface area contributed by atoms with Crippen LogP contribution in [0.4, 0.5) is 5.69 Å². The van der Waals surface area contributed by atoms with E-state index < -0.39 is 0 Å². The maximum Gasteiger partial charge on any atom is 1.00 e. The van der Waals surface area contributed by atoms with Crippen LogP contribution in [-0.4, -0.2) is 5.11 Å². The predicted octanol–water partition coefficient (Wildman–Crippen LogP) is -0.920. The van der Waals surface area contributed by atoms with Crippen LogP contribution in [0, 0.1) is 0 Å². The third-order valence-corrected chi connectivity index (χ3v) is 0.867. The second kappa shape index (κ2) is 3.77. The van der Waals surface area contributed by atoms with Gasteiger partial charge in [-0.25, -0.2) is 0 Å². The summed E-state index contributed by atoms with van der Waals surface area (Å²) in [4.78, 5) is 0. The number of phenols is 1. The molecule has 0 spiro atoms. The molecule has 1 aromatic carbocycles. The van der Waals surface area contributed by atoms with Gasteiger partial charge in [-0.2, -0.15) is 0 Å². The van der Waals surface area contributed by atoms with Crippen molar-refractivity contribution in [1.82, 2.24) is 0 Å². The molecule has 0 fully saturated rings. The maximum absolute atomic E-state index is 8.67. The first kappa shape index (κ1) is 8.82. The Labute approximate surface area is 76.0 Å². The Kier molecular flexibility index (Phi) is 3.70. The molecule has 0 saturated heterocycles. The molecule has 1 aromatic rings. The number of hydrogen-bond donors (Lipinski definition) is 1. The molecule has 0 unspecified atom stereocenters. The van der Waals surface area contributed by atoms with Crippen molar-refractivity contribution in [2.45, 2.75) is 0 Å². The van der Waals surface area contributed by atoms with Crippen molar-refractivity contribution in [3.63, 3.8) is 0 Å². The Balaban J connectivity index is 0.000000640. The molecule has 42 valence electrons. The van der Waals surface area contributed by atoms with Gasteiger partial charge in [-0.1, -0.05) is 12.1 Å². The quantitative estimate of drug-likeness (QED) is 0.359. The summed E-state index contributed by atoms with van der Waals surface area (Å²) in [7, 11) is 0. The van der Waals surface area contributed by atoms with Gasteiger partial charge in [0.1, 0.15) is 5.75 Å². The average molecular weight is 131 g/mol. The molecular formula is C6H6NNaO. The summed E-state index contributed by atoms with van der Waals surface area (Å²) in [5.74, 6) is 0.209. The van der Waals surface area contributed by atoms with Gasteiger partial charge in [0.15, 0.2) is 0 Å². The molecule has 0 bridgehead atoms. The zero-order valence-electron chi connectivity index (χ0n) is 5.26. The smallest absolute Gasteiger partial charge is 0.699 e. The van der Waals surface area contributed by atoms with Crippen LogP contribution in [0.3, 0.4) is 0 Å². The molecule has 0 aliphatic heterocycles. The number of phenolic OH excluding ortho intramolecular Hbond substituents is 1. The average Bonchev–Trinajstić information content (AvgIpc) is 1.77. The van der Waals surface area contributed by atoms with Gasteiger partial charge in [0.25, 0.3) is 0 Å². The van der Waals surface area contributed by atoms with Gasteiger partial charge >= 0.3 is 29.6 Å². The first-order chi connectivity index (χ1) is 3.79. The van der Waals surface area contributed by atoms with E-state index in [-0.39, 0.29) is 35.3 Å². The Hall–Kier alpha value is -0.180. The summed E-state index contributed by atoms with van der Waals surface area (Å²) in [5.41, 5.74) is 7.40. The second-order valence-corrected chi connectivity index (χ2v) is 1.55. The molecule has 9 heavy (non-hydrogen) atoms. The monoisotopic (exact) mass is 131 g/mol. The molecule has 0 aromatic heterocycles. The topological polar surface area (TPSA) is 44.0 Å². The van der Waals surface area contributed by atoms with Gasteiger partial charge in [0, 0.05) is 0 Å². The van der Waals surface area contributed by atoms with Gasteiger partial charge < -0.3 is 10.8 Å². The van der Waals surface area contributed by atoms with Crippen molar-refractivity contribution in [2.75, 3.05) is 0 Å². The molecule has 1 rings (SSSR count). The number of rotatable bonds is 0. The van der Waals surface area contributed by atoms with Crippen LogP contribution in [0.1, 0.15) is 0 Å². The number of benzene rings is 1. The van der Waals surface area contributed by atoms with E-state index in [1.807, 2.05) is 0 Å². The zero-order valence-corrected chi connectivity index (χ0v) is 7.26.